The Labute approximate surface area is 103 Å². The van der Waals surface area contributed by atoms with Gasteiger partial charge in [0.05, 0.1) is 5.69 Å². The summed E-state index contributed by atoms with van der Waals surface area (Å²) in [6.07, 6.45) is 1.95. The smallest absolute Gasteiger partial charge is 0.251 e. The molecule has 3 rings (SSSR count). The van der Waals surface area contributed by atoms with Crippen LogP contribution in [0.1, 0.15) is 34.8 Å². The number of aromatic nitrogens is 1. The lowest BCUT2D eigenvalue weighted by Crippen LogP contribution is -2.18. The van der Waals surface area contributed by atoms with Crippen molar-refractivity contribution in [3.8, 4) is 0 Å². The van der Waals surface area contributed by atoms with Gasteiger partial charge in [-0.25, -0.2) is 13.8 Å². The van der Waals surface area contributed by atoms with Gasteiger partial charge in [0.2, 0.25) is 0 Å². The monoisotopic (exact) mass is 256 g/mol. The van der Waals surface area contributed by atoms with Crippen LogP contribution < -0.4 is 0 Å². The number of nitrogens with zero attached hydrogens (tertiary/aromatic N) is 2. The molecule has 0 atom stereocenters. The Balaban J connectivity index is 1.83. The molecule has 0 saturated carbocycles. The van der Waals surface area contributed by atoms with Gasteiger partial charge < -0.3 is 0 Å². The van der Waals surface area contributed by atoms with E-state index in [2.05, 4.69) is 16.9 Å². The molecule has 0 saturated heterocycles. The molecule has 0 amide bonds. The summed E-state index contributed by atoms with van der Waals surface area (Å²) < 4.78 is 26.1. The van der Waals surface area contributed by atoms with Gasteiger partial charge in [0.25, 0.3) is 5.92 Å². The van der Waals surface area contributed by atoms with Crippen molar-refractivity contribution in [2.24, 2.45) is 0 Å². The molecule has 0 aromatic carbocycles. The van der Waals surface area contributed by atoms with E-state index in [1.54, 1.807) is 17.4 Å². The van der Waals surface area contributed by atoms with Gasteiger partial charge in [0.15, 0.2) is 0 Å². The number of hydrogen-bond donors (Lipinski definition) is 0. The van der Waals surface area contributed by atoms with Crippen molar-refractivity contribution in [2.45, 2.75) is 38.3 Å². The van der Waals surface area contributed by atoms with Gasteiger partial charge >= 0.3 is 0 Å². The molecule has 2 nitrogen and oxygen atoms in total. The lowest BCUT2D eigenvalue weighted by atomic mass is 9.97. The summed E-state index contributed by atoms with van der Waals surface area (Å²) >= 11 is 1.67. The van der Waals surface area contributed by atoms with E-state index in [1.165, 1.54) is 4.88 Å². The summed E-state index contributed by atoms with van der Waals surface area (Å²) in [5, 5.41) is 0.957. The molecular formula is C12H14F2N2S. The summed E-state index contributed by atoms with van der Waals surface area (Å²) in [5.41, 5.74) is 2.14. The highest BCUT2D eigenvalue weighted by atomic mass is 32.1. The molecule has 0 unspecified atom stereocenters. The molecule has 2 heterocycles. The van der Waals surface area contributed by atoms with Gasteiger partial charge in [-0.1, -0.05) is 6.08 Å². The first-order chi connectivity index (χ1) is 8.03. The number of halogens is 2. The van der Waals surface area contributed by atoms with E-state index >= 15 is 0 Å². The number of rotatable bonds is 1. The second-order valence-electron chi connectivity index (χ2n) is 4.85. The van der Waals surface area contributed by atoms with Gasteiger partial charge in [-0.15, -0.1) is 11.3 Å². The van der Waals surface area contributed by atoms with Crippen LogP contribution in [0, 0.1) is 0 Å². The van der Waals surface area contributed by atoms with Crippen LogP contribution in [0.4, 0.5) is 8.78 Å². The van der Waals surface area contributed by atoms with E-state index in [-0.39, 0.29) is 12.8 Å². The van der Waals surface area contributed by atoms with Crippen LogP contribution in [0.15, 0.2) is 6.08 Å². The normalized spacial score (nSPS) is 23.6. The Morgan fingerprint density at radius 3 is 2.88 bits per heavy atom. The highest BCUT2D eigenvalue weighted by Crippen LogP contribution is 2.39. The molecule has 0 fully saturated rings. The summed E-state index contributed by atoms with van der Waals surface area (Å²) in [4.78, 5) is 8.08. The molecular weight excluding hydrogens is 242 g/mol. The van der Waals surface area contributed by atoms with Gasteiger partial charge in [0.1, 0.15) is 5.01 Å². The molecule has 92 valence electrons. The fraction of sp³-hybridized carbons (Fsp3) is 0.583. The summed E-state index contributed by atoms with van der Waals surface area (Å²) in [7, 11) is 2.06. The first-order valence-corrected chi connectivity index (χ1v) is 6.59. The van der Waals surface area contributed by atoms with Crippen molar-refractivity contribution in [3.63, 3.8) is 0 Å². The van der Waals surface area contributed by atoms with Crippen LogP contribution in [0.3, 0.4) is 0 Å². The predicted molar refractivity (Wildman–Crippen MR) is 64.1 cm³/mol. The summed E-state index contributed by atoms with van der Waals surface area (Å²) in [6.45, 7) is 1.83. The Bertz CT molecular complexity index is 455. The molecule has 5 heteroatoms. The SMILES string of the molecule is CN1Cc2nc(C3=CCC(F)(F)CC3)sc2C1. The number of alkyl halides is 2. The molecule has 0 bridgehead atoms. The van der Waals surface area contributed by atoms with E-state index < -0.39 is 5.92 Å². The topological polar surface area (TPSA) is 16.1 Å². The Hall–Kier alpha value is -0.810. The van der Waals surface area contributed by atoms with E-state index in [0.717, 1.165) is 29.4 Å². The number of fused-ring (bicyclic) bond motifs is 1. The van der Waals surface area contributed by atoms with Crippen molar-refractivity contribution in [3.05, 3.63) is 21.7 Å². The van der Waals surface area contributed by atoms with Crippen molar-refractivity contribution >= 4 is 16.9 Å². The summed E-state index contributed by atoms with van der Waals surface area (Å²) in [6, 6.07) is 0. The third-order valence-electron chi connectivity index (χ3n) is 3.29. The quantitative estimate of drug-likeness (QED) is 0.766. The van der Waals surface area contributed by atoms with Gasteiger partial charge in [-0.2, -0.15) is 0 Å². The second kappa shape index (κ2) is 3.85. The largest absolute Gasteiger partial charge is 0.295 e. The molecule has 0 radical (unpaired) electrons. The average Bonchev–Trinajstić information content (AvgIpc) is 2.74. The molecule has 0 N–H and O–H groups in total. The lowest BCUT2D eigenvalue weighted by molar-refractivity contribution is -0.00602. The zero-order chi connectivity index (χ0) is 12.0. The van der Waals surface area contributed by atoms with E-state index in [0.29, 0.717) is 6.42 Å². The minimum atomic E-state index is -2.51. The molecule has 1 aliphatic heterocycles. The van der Waals surface area contributed by atoms with Crippen LogP contribution in [0.5, 0.6) is 0 Å². The van der Waals surface area contributed by atoms with Crippen LogP contribution in [0.2, 0.25) is 0 Å². The maximum Gasteiger partial charge on any atom is 0.251 e. The zero-order valence-electron chi connectivity index (χ0n) is 9.67. The highest BCUT2D eigenvalue weighted by molar-refractivity contribution is 7.12. The molecule has 2 aliphatic rings. The first kappa shape index (κ1) is 11.3. The molecule has 1 aromatic rings. The van der Waals surface area contributed by atoms with Crippen LogP contribution in [0.25, 0.3) is 5.57 Å². The summed E-state index contributed by atoms with van der Waals surface area (Å²) in [5.74, 6) is -2.51. The molecule has 1 aliphatic carbocycles. The zero-order valence-corrected chi connectivity index (χ0v) is 10.5. The third-order valence-corrected chi connectivity index (χ3v) is 4.45. The fourth-order valence-electron chi connectivity index (χ4n) is 2.31. The van der Waals surface area contributed by atoms with Crippen LogP contribution in [-0.4, -0.2) is 22.9 Å². The molecule has 1 aromatic heterocycles. The van der Waals surface area contributed by atoms with Crippen LogP contribution in [-0.2, 0) is 13.1 Å². The lowest BCUT2D eigenvalue weighted by Gasteiger charge is -2.20. The van der Waals surface area contributed by atoms with Crippen molar-refractivity contribution < 1.29 is 8.78 Å². The van der Waals surface area contributed by atoms with Crippen molar-refractivity contribution in [1.82, 2.24) is 9.88 Å². The maximum absolute atomic E-state index is 13.0. The number of thiazole rings is 1. The Morgan fingerprint density at radius 2 is 2.24 bits per heavy atom. The van der Waals surface area contributed by atoms with Gasteiger partial charge in [0, 0.05) is 30.8 Å². The maximum atomic E-state index is 13.0. The number of allylic oxidation sites excluding steroid dienone is 2. The van der Waals surface area contributed by atoms with Gasteiger partial charge in [-0.3, -0.25) is 4.90 Å². The van der Waals surface area contributed by atoms with Crippen molar-refractivity contribution in [1.29, 1.82) is 0 Å². The number of hydrogen-bond acceptors (Lipinski definition) is 3. The molecule has 17 heavy (non-hydrogen) atoms. The minimum Gasteiger partial charge on any atom is -0.295 e. The minimum absolute atomic E-state index is 0.0387. The van der Waals surface area contributed by atoms with Crippen molar-refractivity contribution in [2.75, 3.05) is 7.05 Å². The second-order valence-corrected chi connectivity index (χ2v) is 5.93. The van der Waals surface area contributed by atoms with Gasteiger partial charge in [-0.05, 0) is 19.0 Å². The van der Waals surface area contributed by atoms with E-state index in [1.807, 2.05) is 0 Å². The first-order valence-electron chi connectivity index (χ1n) is 5.78. The standard InChI is InChI=1S/C12H14F2N2S/c1-16-6-9-10(7-16)17-11(15-9)8-2-4-12(13,14)5-3-8/h2H,3-7H2,1H3. The van der Waals surface area contributed by atoms with E-state index in [9.17, 15) is 8.78 Å². The van der Waals surface area contributed by atoms with E-state index in [4.69, 9.17) is 0 Å². The highest BCUT2D eigenvalue weighted by Gasteiger charge is 2.32. The van der Waals surface area contributed by atoms with Crippen LogP contribution >= 0.6 is 11.3 Å². The third kappa shape index (κ3) is 2.13. The average molecular weight is 256 g/mol. The Kier molecular flexibility index (Phi) is 2.56. The predicted octanol–water partition coefficient (Wildman–Crippen LogP) is 3.29. The fourth-order valence-corrected chi connectivity index (χ4v) is 3.53. The molecule has 0 spiro atoms. The Morgan fingerprint density at radius 1 is 1.41 bits per heavy atom.